The summed E-state index contributed by atoms with van der Waals surface area (Å²) in [7, 11) is 1.88. The Morgan fingerprint density at radius 2 is 2.23 bits per heavy atom. The van der Waals surface area contributed by atoms with E-state index in [0.29, 0.717) is 6.42 Å². The van der Waals surface area contributed by atoms with Crippen molar-refractivity contribution >= 4 is 5.78 Å². The van der Waals surface area contributed by atoms with E-state index in [-0.39, 0.29) is 11.8 Å². The van der Waals surface area contributed by atoms with Gasteiger partial charge in [-0.2, -0.15) is 0 Å². The fourth-order valence-corrected chi connectivity index (χ4v) is 1.12. The third kappa shape index (κ3) is 4.63. The number of carbonyl (C=O) groups excluding carboxylic acids is 1. The number of rotatable bonds is 6. The van der Waals surface area contributed by atoms with Gasteiger partial charge >= 0.3 is 0 Å². The molecule has 0 aromatic rings. The van der Waals surface area contributed by atoms with Gasteiger partial charge < -0.3 is 5.32 Å². The fraction of sp³-hybridized carbons (Fsp3) is 0.545. The highest BCUT2D eigenvalue weighted by molar-refractivity contribution is 5.94. The Morgan fingerprint density at radius 1 is 1.62 bits per heavy atom. The van der Waals surface area contributed by atoms with Crippen LogP contribution in [0.25, 0.3) is 0 Å². The zero-order valence-electron chi connectivity index (χ0n) is 8.76. The minimum Gasteiger partial charge on any atom is -0.313 e. The molecule has 0 aliphatic heterocycles. The predicted molar refractivity (Wildman–Crippen MR) is 56.7 cm³/mol. The van der Waals surface area contributed by atoms with Gasteiger partial charge in [0, 0.05) is 12.5 Å². The van der Waals surface area contributed by atoms with Crippen molar-refractivity contribution in [1.82, 2.24) is 5.32 Å². The molecule has 13 heavy (non-hydrogen) atoms. The first-order valence-electron chi connectivity index (χ1n) is 4.65. The maximum Gasteiger partial charge on any atom is 0.158 e. The highest BCUT2D eigenvalue weighted by Crippen LogP contribution is 2.03. The van der Waals surface area contributed by atoms with Crippen LogP contribution in [-0.4, -0.2) is 18.9 Å². The average Bonchev–Trinajstić information content (AvgIpc) is 2.15. The van der Waals surface area contributed by atoms with Gasteiger partial charge in [-0.05, 0) is 26.0 Å². The highest BCUT2D eigenvalue weighted by atomic mass is 16.1. The van der Waals surface area contributed by atoms with Crippen molar-refractivity contribution in [3.63, 3.8) is 0 Å². The Hall–Kier alpha value is -0.890. The summed E-state index contributed by atoms with van der Waals surface area (Å²) in [6, 6.07) is 0.230. The lowest BCUT2D eigenvalue weighted by Gasteiger charge is -2.09. The number of carbonyl (C=O) groups is 1. The van der Waals surface area contributed by atoms with Gasteiger partial charge in [0.25, 0.3) is 0 Å². The topological polar surface area (TPSA) is 29.1 Å². The number of ketones is 1. The number of allylic oxidation sites excluding steroid dienone is 1. The summed E-state index contributed by atoms with van der Waals surface area (Å²) >= 11 is 0. The first-order valence-corrected chi connectivity index (χ1v) is 4.65. The van der Waals surface area contributed by atoms with Crippen molar-refractivity contribution in [3.8, 4) is 0 Å². The first kappa shape index (κ1) is 12.1. The van der Waals surface area contributed by atoms with Crippen LogP contribution in [0.5, 0.6) is 0 Å². The molecule has 0 fully saturated rings. The molecule has 0 aliphatic rings. The van der Waals surface area contributed by atoms with E-state index in [1.165, 1.54) is 0 Å². The van der Waals surface area contributed by atoms with Crippen LogP contribution in [0.2, 0.25) is 0 Å². The van der Waals surface area contributed by atoms with Crippen LogP contribution in [-0.2, 0) is 4.79 Å². The number of nitrogens with one attached hydrogen (secondary N) is 1. The minimum atomic E-state index is 0.212. The predicted octanol–water partition coefficient (Wildman–Crippen LogP) is 2.08. The van der Waals surface area contributed by atoms with Gasteiger partial charge in [-0.1, -0.05) is 19.1 Å². The Morgan fingerprint density at radius 3 is 2.62 bits per heavy atom. The van der Waals surface area contributed by atoms with Gasteiger partial charge in [-0.3, -0.25) is 4.79 Å². The molecule has 2 heteroatoms. The molecule has 0 saturated carbocycles. The summed E-state index contributed by atoms with van der Waals surface area (Å²) in [4.78, 5) is 11.2. The van der Waals surface area contributed by atoms with Crippen LogP contribution < -0.4 is 5.32 Å². The Labute approximate surface area is 80.7 Å². The zero-order chi connectivity index (χ0) is 10.3. The van der Waals surface area contributed by atoms with Crippen LogP contribution in [0.4, 0.5) is 0 Å². The van der Waals surface area contributed by atoms with Crippen LogP contribution in [0.15, 0.2) is 24.3 Å². The molecule has 0 aromatic heterocycles. The van der Waals surface area contributed by atoms with Crippen molar-refractivity contribution in [2.24, 2.45) is 0 Å². The van der Waals surface area contributed by atoms with Crippen molar-refractivity contribution in [2.75, 3.05) is 7.05 Å². The molecule has 2 nitrogen and oxygen atoms in total. The summed E-state index contributed by atoms with van der Waals surface area (Å²) in [5.74, 6) is 0.212. The zero-order valence-corrected chi connectivity index (χ0v) is 8.76. The molecule has 0 heterocycles. The summed E-state index contributed by atoms with van der Waals surface area (Å²) in [6.45, 7) is 7.40. The molecule has 0 rings (SSSR count). The summed E-state index contributed by atoms with van der Waals surface area (Å²) in [5, 5.41) is 3.11. The normalized spacial score (nSPS) is 13.9. The molecule has 0 spiro atoms. The van der Waals surface area contributed by atoms with E-state index < -0.39 is 0 Å². The third-order valence-electron chi connectivity index (χ3n) is 2.00. The van der Waals surface area contributed by atoms with Crippen LogP contribution in [0.3, 0.4) is 0 Å². The second-order valence-corrected chi connectivity index (χ2v) is 3.05. The number of Topliss-reactive ketones (excluding diaryl/α,β-unsaturated/α-hetero) is 1. The van der Waals surface area contributed by atoms with Crippen molar-refractivity contribution in [3.05, 3.63) is 24.3 Å². The van der Waals surface area contributed by atoms with E-state index in [4.69, 9.17) is 0 Å². The summed E-state index contributed by atoms with van der Waals surface area (Å²) in [6.07, 6.45) is 5.24. The number of hydrogen-bond acceptors (Lipinski definition) is 2. The molecular formula is C11H19NO. The maximum atomic E-state index is 11.2. The SMILES string of the molecule is C=CCC(/C=C(\C)C(=O)CC)NC. The van der Waals surface area contributed by atoms with Gasteiger partial charge in [0.05, 0.1) is 0 Å². The fourth-order valence-electron chi connectivity index (χ4n) is 1.12. The Kier molecular flexibility index (Phi) is 6.15. The molecule has 0 amide bonds. The Bertz CT molecular complexity index is 206. The van der Waals surface area contributed by atoms with Gasteiger partial charge in [0.1, 0.15) is 0 Å². The smallest absolute Gasteiger partial charge is 0.158 e. The van der Waals surface area contributed by atoms with Gasteiger partial charge in [0.15, 0.2) is 5.78 Å². The Balaban J connectivity index is 4.31. The lowest BCUT2D eigenvalue weighted by atomic mass is 10.1. The lowest BCUT2D eigenvalue weighted by molar-refractivity contribution is -0.115. The van der Waals surface area contributed by atoms with E-state index in [1.54, 1.807) is 0 Å². The molecule has 1 N–H and O–H groups in total. The molecule has 0 bridgehead atoms. The van der Waals surface area contributed by atoms with E-state index in [9.17, 15) is 4.79 Å². The van der Waals surface area contributed by atoms with Gasteiger partial charge in [-0.25, -0.2) is 0 Å². The van der Waals surface area contributed by atoms with E-state index in [0.717, 1.165) is 12.0 Å². The van der Waals surface area contributed by atoms with Gasteiger partial charge in [0.2, 0.25) is 0 Å². The van der Waals surface area contributed by atoms with E-state index in [1.807, 2.05) is 33.0 Å². The van der Waals surface area contributed by atoms with Crippen LogP contribution in [0, 0.1) is 0 Å². The van der Waals surface area contributed by atoms with Crippen LogP contribution >= 0.6 is 0 Å². The molecular weight excluding hydrogens is 162 g/mol. The first-order chi connectivity index (χ1) is 6.15. The van der Waals surface area contributed by atoms with Gasteiger partial charge in [-0.15, -0.1) is 6.58 Å². The molecule has 0 saturated heterocycles. The monoisotopic (exact) mass is 181 g/mol. The molecule has 0 aromatic carbocycles. The molecule has 0 aliphatic carbocycles. The number of hydrogen-bond donors (Lipinski definition) is 1. The minimum absolute atomic E-state index is 0.212. The standard InChI is InChI=1S/C11H19NO/c1-5-7-10(12-4)8-9(3)11(13)6-2/h5,8,10,12H,1,6-7H2,2-4H3/b9-8+. The number of likely N-dealkylation sites (N-methyl/N-ethyl adjacent to an activating group) is 1. The third-order valence-corrected chi connectivity index (χ3v) is 2.00. The van der Waals surface area contributed by atoms with E-state index in [2.05, 4.69) is 11.9 Å². The molecule has 0 radical (unpaired) electrons. The van der Waals surface area contributed by atoms with Crippen molar-refractivity contribution < 1.29 is 4.79 Å². The van der Waals surface area contributed by atoms with E-state index >= 15 is 0 Å². The lowest BCUT2D eigenvalue weighted by Crippen LogP contribution is -2.22. The molecule has 74 valence electrons. The van der Waals surface area contributed by atoms with Crippen LogP contribution in [0.1, 0.15) is 26.7 Å². The molecule has 1 atom stereocenters. The summed E-state index contributed by atoms with van der Waals surface area (Å²) in [5.41, 5.74) is 0.837. The molecule has 1 unspecified atom stereocenters. The van der Waals surface area contributed by atoms with Crippen molar-refractivity contribution in [1.29, 1.82) is 0 Å². The van der Waals surface area contributed by atoms with Crippen molar-refractivity contribution in [2.45, 2.75) is 32.7 Å². The quantitative estimate of drug-likeness (QED) is 0.502. The largest absolute Gasteiger partial charge is 0.313 e. The maximum absolute atomic E-state index is 11.2. The second kappa shape index (κ2) is 6.61. The highest BCUT2D eigenvalue weighted by Gasteiger charge is 2.04. The summed E-state index contributed by atoms with van der Waals surface area (Å²) < 4.78 is 0. The second-order valence-electron chi connectivity index (χ2n) is 3.05. The average molecular weight is 181 g/mol.